The van der Waals surface area contributed by atoms with Crippen LogP contribution < -0.4 is 5.32 Å². The van der Waals surface area contributed by atoms with Crippen molar-refractivity contribution in [3.63, 3.8) is 0 Å². The number of esters is 1. The molecule has 5 rings (SSSR count). The van der Waals surface area contributed by atoms with Gasteiger partial charge in [-0.05, 0) is 37.7 Å². The monoisotopic (exact) mass is 621 g/mol. The lowest BCUT2D eigenvalue weighted by Gasteiger charge is -2.40. The average molecular weight is 622 g/mol. The molecule has 10 nitrogen and oxygen atoms in total. The number of allylic oxidation sites excluding steroid dienone is 1. The molecule has 1 aromatic rings. The number of nitrogens with one attached hydrogen (secondary N) is 1. The smallest absolute Gasteiger partial charge is 0.306 e. The van der Waals surface area contributed by atoms with E-state index in [1.54, 1.807) is 17.1 Å². The van der Waals surface area contributed by atoms with Crippen LogP contribution in [0.3, 0.4) is 0 Å². The minimum Gasteiger partial charge on any atom is -0.463 e. The minimum absolute atomic E-state index is 0.0569. The molecule has 0 bridgehead atoms. The first-order valence-electron chi connectivity index (χ1n) is 16.4. The maximum atomic E-state index is 14.7. The molecule has 45 heavy (non-hydrogen) atoms. The zero-order chi connectivity index (χ0) is 32.3. The van der Waals surface area contributed by atoms with Gasteiger partial charge >= 0.3 is 5.97 Å². The molecule has 4 aliphatic heterocycles. The first-order chi connectivity index (χ1) is 21.6. The molecule has 3 amide bonds. The van der Waals surface area contributed by atoms with Gasteiger partial charge in [0.25, 0.3) is 0 Å². The molecule has 4 heterocycles. The first-order valence-corrected chi connectivity index (χ1v) is 16.4. The van der Waals surface area contributed by atoms with Crippen LogP contribution in [-0.4, -0.2) is 88.2 Å². The number of nitrogens with zero attached hydrogens (tertiary/aromatic N) is 2. The molecule has 0 aromatic heterocycles. The Morgan fingerprint density at radius 1 is 1.07 bits per heavy atom. The van der Waals surface area contributed by atoms with Crippen molar-refractivity contribution in [2.45, 2.75) is 95.7 Å². The lowest BCUT2D eigenvalue weighted by atomic mass is 9.77. The molecular formula is C35H47N3O7. The van der Waals surface area contributed by atoms with Crippen LogP contribution >= 0.6 is 0 Å². The van der Waals surface area contributed by atoms with E-state index in [-0.39, 0.29) is 49.4 Å². The molecule has 2 saturated heterocycles. The summed E-state index contributed by atoms with van der Waals surface area (Å²) in [5, 5.41) is 13.6. The van der Waals surface area contributed by atoms with Crippen LogP contribution in [0.15, 0.2) is 54.6 Å². The predicted octanol–water partition coefficient (Wildman–Crippen LogP) is 3.31. The fraction of sp³-hybridized carbons (Fsp3) is 0.600. The summed E-state index contributed by atoms with van der Waals surface area (Å²) in [5.41, 5.74) is -0.651. The van der Waals surface area contributed by atoms with Crippen LogP contribution in [0.25, 0.3) is 0 Å². The zero-order valence-corrected chi connectivity index (χ0v) is 26.8. The van der Waals surface area contributed by atoms with E-state index in [0.29, 0.717) is 19.4 Å². The van der Waals surface area contributed by atoms with Gasteiger partial charge < -0.3 is 29.7 Å². The van der Waals surface area contributed by atoms with Crippen molar-refractivity contribution in [2.24, 2.45) is 17.8 Å². The van der Waals surface area contributed by atoms with Gasteiger partial charge in [-0.15, -0.1) is 0 Å². The summed E-state index contributed by atoms with van der Waals surface area (Å²) in [6.45, 7) is 8.09. The van der Waals surface area contributed by atoms with Gasteiger partial charge in [0, 0.05) is 19.0 Å². The molecule has 2 fully saturated rings. The molecular weight excluding hydrogens is 574 g/mol. The van der Waals surface area contributed by atoms with Crippen molar-refractivity contribution < 1.29 is 33.8 Å². The molecule has 8 atom stereocenters. The summed E-state index contributed by atoms with van der Waals surface area (Å²) in [4.78, 5) is 59.5. The average Bonchev–Trinajstić information content (AvgIpc) is 3.40. The molecule has 0 aliphatic carbocycles. The summed E-state index contributed by atoms with van der Waals surface area (Å²) in [7, 11) is 0. The number of aliphatic hydroxyl groups is 1. The topological polar surface area (TPSA) is 125 Å². The number of likely N-dealkylation sites (tertiary alicyclic amines) is 1. The summed E-state index contributed by atoms with van der Waals surface area (Å²) >= 11 is 0. The number of cyclic esters (lactones) is 1. The number of amides is 3. The van der Waals surface area contributed by atoms with E-state index in [1.165, 1.54) is 4.90 Å². The van der Waals surface area contributed by atoms with Crippen LogP contribution in [0.5, 0.6) is 0 Å². The quantitative estimate of drug-likeness (QED) is 0.337. The van der Waals surface area contributed by atoms with Gasteiger partial charge in [0.2, 0.25) is 17.7 Å². The van der Waals surface area contributed by atoms with Crippen LogP contribution in [0, 0.1) is 17.8 Å². The van der Waals surface area contributed by atoms with E-state index < -0.39 is 47.6 Å². The number of hydrogen-bond donors (Lipinski definition) is 2. The molecule has 0 radical (unpaired) electrons. The summed E-state index contributed by atoms with van der Waals surface area (Å²) in [5.74, 6) is -3.21. The second-order valence-electron chi connectivity index (χ2n) is 13.2. The molecule has 2 N–H and O–H groups in total. The van der Waals surface area contributed by atoms with Crippen LogP contribution in [0.4, 0.5) is 0 Å². The first kappa shape index (κ1) is 32.9. The Labute approximate surface area is 265 Å². The summed E-state index contributed by atoms with van der Waals surface area (Å²) in [6, 6.07) is 6.88. The highest BCUT2D eigenvalue weighted by atomic mass is 16.5. The highest BCUT2D eigenvalue weighted by Gasteiger charge is 2.72. The Morgan fingerprint density at radius 3 is 2.51 bits per heavy atom. The van der Waals surface area contributed by atoms with E-state index in [2.05, 4.69) is 12.2 Å². The zero-order valence-electron chi connectivity index (χ0n) is 26.8. The van der Waals surface area contributed by atoms with Crippen LogP contribution in [0.2, 0.25) is 0 Å². The lowest BCUT2D eigenvalue weighted by Crippen LogP contribution is -2.59. The van der Waals surface area contributed by atoms with Crippen molar-refractivity contribution in [3.8, 4) is 0 Å². The number of aliphatic hydroxyl groups excluding tert-OH is 1. The van der Waals surface area contributed by atoms with E-state index >= 15 is 0 Å². The molecule has 1 spiro atoms. The number of benzene rings is 1. The number of rotatable bonds is 8. The largest absolute Gasteiger partial charge is 0.463 e. The highest BCUT2D eigenvalue weighted by molar-refractivity contribution is 6.00. The van der Waals surface area contributed by atoms with Crippen molar-refractivity contribution >= 4 is 23.7 Å². The van der Waals surface area contributed by atoms with E-state index in [1.807, 2.05) is 63.3 Å². The second kappa shape index (κ2) is 13.9. The van der Waals surface area contributed by atoms with E-state index in [4.69, 9.17) is 9.47 Å². The molecule has 0 saturated carbocycles. The molecule has 4 aliphatic rings. The van der Waals surface area contributed by atoms with E-state index in [9.17, 15) is 24.3 Å². The third kappa shape index (κ3) is 6.31. The Hall–Kier alpha value is -3.50. The van der Waals surface area contributed by atoms with Gasteiger partial charge in [-0.25, -0.2) is 0 Å². The van der Waals surface area contributed by atoms with Crippen molar-refractivity contribution in [3.05, 3.63) is 60.2 Å². The third-order valence-corrected chi connectivity index (χ3v) is 9.62. The Bertz CT molecular complexity index is 1310. The maximum Gasteiger partial charge on any atom is 0.306 e. The lowest BCUT2D eigenvalue weighted by molar-refractivity contribution is -0.152. The number of ether oxygens (including phenoxy) is 2. The third-order valence-electron chi connectivity index (χ3n) is 9.62. The fourth-order valence-electron chi connectivity index (χ4n) is 7.58. The Morgan fingerprint density at radius 2 is 1.82 bits per heavy atom. The van der Waals surface area contributed by atoms with Gasteiger partial charge in [0.15, 0.2) is 0 Å². The summed E-state index contributed by atoms with van der Waals surface area (Å²) in [6.07, 6.45) is 9.14. The highest BCUT2D eigenvalue weighted by Crippen LogP contribution is 2.53. The fourth-order valence-corrected chi connectivity index (χ4v) is 7.58. The second-order valence-corrected chi connectivity index (χ2v) is 13.2. The maximum absolute atomic E-state index is 14.7. The predicted molar refractivity (Wildman–Crippen MR) is 167 cm³/mol. The molecule has 1 unspecified atom stereocenters. The standard InChI is InChI=1S/C35H47N3O7/c1-5-12-23(4)37-18-11-17-35-30(33(42)38(31(35)34(37)43)25(20-39)19-22(2)3)29-27(45-35)15-9-10-16-28(40)44-21-26(36-32(29)41)24-13-7-6-8-14-24/h6-9,11,13-15,17,22-23,25-27,29-31,39H,5,10,12,16,18-21H2,1-4H3,(H,36,41)/b15-9-/t23?,25-,26+,27-,29+,30+,31-,35+/m1/s1. The van der Waals surface area contributed by atoms with Crippen molar-refractivity contribution in [1.29, 1.82) is 0 Å². The van der Waals surface area contributed by atoms with Crippen molar-refractivity contribution in [2.75, 3.05) is 19.8 Å². The van der Waals surface area contributed by atoms with Crippen LogP contribution in [0.1, 0.15) is 71.4 Å². The van der Waals surface area contributed by atoms with Crippen LogP contribution in [-0.2, 0) is 28.7 Å². The molecule has 10 heteroatoms. The van der Waals surface area contributed by atoms with Crippen molar-refractivity contribution in [1.82, 2.24) is 15.1 Å². The van der Waals surface area contributed by atoms with Gasteiger partial charge in [-0.3, -0.25) is 19.2 Å². The molecule has 244 valence electrons. The van der Waals surface area contributed by atoms with Gasteiger partial charge in [0.05, 0.1) is 36.6 Å². The Balaban J connectivity index is 1.61. The number of hydrogen-bond acceptors (Lipinski definition) is 7. The Kier molecular flexibility index (Phi) is 10.1. The van der Waals surface area contributed by atoms with E-state index in [0.717, 1.165) is 18.4 Å². The molecule has 1 aromatic carbocycles. The minimum atomic E-state index is -1.41. The summed E-state index contributed by atoms with van der Waals surface area (Å²) < 4.78 is 12.4. The van der Waals surface area contributed by atoms with Gasteiger partial charge in [-0.2, -0.15) is 0 Å². The van der Waals surface area contributed by atoms with Gasteiger partial charge in [-0.1, -0.05) is 81.8 Å². The normalized spacial score (nSPS) is 32.4. The number of carbonyl (C=O) groups excluding carboxylic acids is 4. The number of carbonyl (C=O) groups is 4. The number of fused-ring (bicyclic) bond motifs is 2. The SMILES string of the molecule is CCCC(C)N1CC=C[C@]23O[C@@H]4/C=C\CCC(=O)OC[C@@H](c5ccccc5)NC(=O)[C@@H]4[C@H]2C(=O)N([C@@H](CO)CC(C)C)[C@@H]3C1=O. The van der Waals surface area contributed by atoms with Gasteiger partial charge in [0.1, 0.15) is 18.2 Å².